The lowest BCUT2D eigenvalue weighted by atomic mass is 10.1. The van der Waals surface area contributed by atoms with Crippen LogP contribution < -0.4 is 14.8 Å². The first-order valence-electron chi connectivity index (χ1n) is 11.3. The third-order valence-corrected chi connectivity index (χ3v) is 6.62. The number of rotatable bonds is 9. The lowest BCUT2D eigenvalue weighted by molar-refractivity contribution is -0.127. The Morgan fingerprint density at radius 3 is 2.57 bits per heavy atom. The van der Waals surface area contributed by atoms with E-state index in [0.717, 1.165) is 21.1 Å². The van der Waals surface area contributed by atoms with Crippen LogP contribution in [0.25, 0.3) is 6.08 Å². The predicted molar refractivity (Wildman–Crippen MR) is 144 cm³/mol. The lowest BCUT2D eigenvalue weighted by Crippen LogP contribution is -2.36. The zero-order valence-electron chi connectivity index (χ0n) is 19.7. The van der Waals surface area contributed by atoms with E-state index in [1.807, 2.05) is 6.92 Å². The van der Waals surface area contributed by atoms with E-state index in [1.165, 1.54) is 12.1 Å². The maximum atomic E-state index is 14.0. The number of imide groups is 1. The standard InChI is InChI=1S/C27H22BrFN2O5S/c1-2-35-21-10-8-20(9-11-21)30-25(32)15-31-26(33)24(37-27(31)34)14-18-13-19(28)7-12-23(18)36-16-17-5-3-4-6-22(17)29/h3-14H,2,15-16H2,1H3,(H,30,32)/b24-14+. The van der Waals surface area contributed by atoms with Crippen LogP contribution in [0, 0.1) is 5.82 Å². The molecule has 1 aliphatic heterocycles. The Bertz CT molecular complexity index is 1360. The fraction of sp³-hybridized carbons (Fsp3) is 0.148. The van der Waals surface area contributed by atoms with E-state index in [-0.39, 0.29) is 17.3 Å². The minimum Gasteiger partial charge on any atom is -0.494 e. The molecule has 0 atom stereocenters. The van der Waals surface area contributed by atoms with Gasteiger partial charge in [-0.25, -0.2) is 4.39 Å². The van der Waals surface area contributed by atoms with Crippen LogP contribution in [-0.4, -0.2) is 35.1 Å². The molecule has 0 bridgehead atoms. The van der Waals surface area contributed by atoms with Gasteiger partial charge in [0.1, 0.15) is 30.5 Å². The molecule has 1 fully saturated rings. The van der Waals surface area contributed by atoms with Gasteiger partial charge in [-0.05, 0) is 73.3 Å². The summed E-state index contributed by atoms with van der Waals surface area (Å²) in [6, 6.07) is 18.2. The minimum atomic E-state index is -0.586. The highest BCUT2D eigenvalue weighted by atomic mass is 79.9. The predicted octanol–water partition coefficient (Wildman–Crippen LogP) is 6.24. The van der Waals surface area contributed by atoms with Gasteiger partial charge in [0.25, 0.3) is 11.1 Å². The average Bonchev–Trinajstić information content (AvgIpc) is 3.13. The van der Waals surface area contributed by atoms with Crippen LogP contribution in [0.4, 0.5) is 14.9 Å². The van der Waals surface area contributed by atoms with Crippen molar-refractivity contribution in [2.45, 2.75) is 13.5 Å². The van der Waals surface area contributed by atoms with Crippen LogP contribution in [0.1, 0.15) is 18.1 Å². The zero-order valence-corrected chi connectivity index (χ0v) is 22.1. The number of carbonyl (C=O) groups excluding carboxylic acids is 3. The molecule has 0 saturated carbocycles. The van der Waals surface area contributed by atoms with Crippen LogP contribution in [0.15, 0.2) is 76.1 Å². The Hall–Kier alpha value is -3.63. The van der Waals surface area contributed by atoms with Gasteiger partial charge in [-0.2, -0.15) is 0 Å². The highest BCUT2D eigenvalue weighted by Crippen LogP contribution is 2.35. The first-order valence-corrected chi connectivity index (χ1v) is 12.9. The number of carbonyl (C=O) groups is 3. The van der Waals surface area contributed by atoms with Gasteiger partial charge in [0.05, 0.1) is 11.5 Å². The molecule has 0 unspecified atom stereocenters. The van der Waals surface area contributed by atoms with E-state index < -0.39 is 23.6 Å². The summed E-state index contributed by atoms with van der Waals surface area (Å²) in [5.74, 6) is -0.403. The monoisotopic (exact) mass is 584 g/mol. The maximum absolute atomic E-state index is 14.0. The van der Waals surface area contributed by atoms with Crippen molar-refractivity contribution >= 4 is 56.5 Å². The summed E-state index contributed by atoms with van der Waals surface area (Å²) in [5.41, 5.74) is 1.42. The molecule has 37 heavy (non-hydrogen) atoms. The SMILES string of the molecule is CCOc1ccc(NC(=O)CN2C(=O)S/C(=C/c3cc(Br)ccc3OCc3ccccc3F)C2=O)cc1. The molecule has 1 N–H and O–H groups in total. The second-order valence-corrected chi connectivity index (χ2v) is 9.74. The number of benzene rings is 3. The number of hydrogen-bond donors (Lipinski definition) is 1. The van der Waals surface area contributed by atoms with Gasteiger partial charge in [0.2, 0.25) is 5.91 Å². The van der Waals surface area contributed by atoms with E-state index in [4.69, 9.17) is 9.47 Å². The van der Waals surface area contributed by atoms with E-state index in [9.17, 15) is 18.8 Å². The van der Waals surface area contributed by atoms with E-state index in [0.29, 0.717) is 34.9 Å². The number of thioether (sulfide) groups is 1. The summed E-state index contributed by atoms with van der Waals surface area (Å²) in [6.07, 6.45) is 1.52. The van der Waals surface area contributed by atoms with Gasteiger partial charge < -0.3 is 14.8 Å². The summed E-state index contributed by atoms with van der Waals surface area (Å²) >= 11 is 4.13. The van der Waals surface area contributed by atoms with Gasteiger partial charge in [-0.15, -0.1) is 0 Å². The minimum absolute atomic E-state index is 0.0116. The van der Waals surface area contributed by atoms with E-state index >= 15 is 0 Å². The van der Waals surface area contributed by atoms with Crippen LogP contribution >= 0.6 is 27.7 Å². The second kappa shape index (κ2) is 12.1. The highest BCUT2D eigenvalue weighted by molar-refractivity contribution is 9.10. The third-order valence-electron chi connectivity index (χ3n) is 5.22. The summed E-state index contributed by atoms with van der Waals surface area (Å²) in [4.78, 5) is 39.0. The molecular weight excluding hydrogens is 563 g/mol. The molecular formula is C27H22BrFN2O5S. The molecule has 0 spiro atoms. The van der Waals surface area contributed by atoms with Crippen molar-refractivity contribution < 1.29 is 28.2 Å². The molecule has 190 valence electrons. The maximum Gasteiger partial charge on any atom is 0.294 e. The number of ether oxygens (including phenoxy) is 2. The molecule has 0 aliphatic carbocycles. The van der Waals surface area contributed by atoms with E-state index in [1.54, 1.807) is 60.7 Å². The molecule has 4 rings (SSSR count). The number of nitrogens with zero attached hydrogens (tertiary/aromatic N) is 1. The van der Waals surface area contributed by atoms with Gasteiger partial charge in [0, 0.05) is 21.3 Å². The van der Waals surface area contributed by atoms with Crippen molar-refractivity contribution in [3.8, 4) is 11.5 Å². The Kier molecular flexibility index (Phi) is 8.62. The Morgan fingerprint density at radius 1 is 1.08 bits per heavy atom. The van der Waals surface area contributed by atoms with Crippen LogP contribution in [-0.2, 0) is 16.2 Å². The summed E-state index contributed by atoms with van der Waals surface area (Å²) in [6.45, 7) is 1.96. The van der Waals surface area contributed by atoms with Crippen molar-refractivity contribution in [3.05, 3.63) is 93.1 Å². The molecule has 0 aromatic heterocycles. The molecule has 0 radical (unpaired) electrons. The van der Waals surface area contributed by atoms with Crippen molar-refractivity contribution in [1.29, 1.82) is 0 Å². The molecule has 3 aromatic rings. The van der Waals surface area contributed by atoms with Crippen LogP contribution in [0.5, 0.6) is 11.5 Å². The first-order chi connectivity index (χ1) is 17.8. The Balaban J connectivity index is 1.45. The van der Waals surface area contributed by atoms with Crippen molar-refractivity contribution in [3.63, 3.8) is 0 Å². The smallest absolute Gasteiger partial charge is 0.294 e. The van der Waals surface area contributed by atoms with Gasteiger partial charge in [-0.3, -0.25) is 19.3 Å². The van der Waals surface area contributed by atoms with Gasteiger partial charge >= 0.3 is 0 Å². The molecule has 1 heterocycles. The average molecular weight is 585 g/mol. The van der Waals surface area contributed by atoms with Crippen molar-refractivity contribution in [1.82, 2.24) is 4.90 Å². The summed E-state index contributed by atoms with van der Waals surface area (Å²) in [7, 11) is 0. The number of anilines is 1. The second-order valence-electron chi connectivity index (χ2n) is 7.84. The number of hydrogen-bond acceptors (Lipinski definition) is 6. The van der Waals surface area contributed by atoms with Crippen LogP contribution in [0.2, 0.25) is 0 Å². The largest absolute Gasteiger partial charge is 0.494 e. The zero-order chi connectivity index (χ0) is 26.4. The normalized spacial score (nSPS) is 14.2. The topological polar surface area (TPSA) is 84.9 Å². The fourth-order valence-electron chi connectivity index (χ4n) is 3.46. The first kappa shape index (κ1) is 26.4. The van der Waals surface area contributed by atoms with Crippen molar-refractivity contribution in [2.24, 2.45) is 0 Å². The lowest BCUT2D eigenvalue weighted by Gasteiger charge is -2.13. The Morgan fingerprint density at radius 2 is 1.84 bits per heavy atom. The Labute approximate surface area is 225 Å². The molecule has 1 saturated heterocycles. The summed E-state index contributed by atoms with van der Waals surface area (Å²) < 4.78 is 25.9. The highest BCUT2D eigenvalue weighted by Gasteiger charge is 2.36. The number of amides is 3. The molecule has 3 aromatic carbocycles. The van der Waals surface area contributed by atoms with E-state index in [2.05, 4.69) is 21.2 Å². The summed E-state index contributed by atoms with van der Waals surface area (Å²) in [5, 5.41) is 2.12. The molecule has 10 heteroatoms. The quantitative estimate of drug-likeness (QED) is 0.300. The number of halogens is 2. The number of nitrogens with one attached hydrogen (secondary N) is 1. The molecule has 1 aliphatic rings. The molecule has 3 amide bonds. The van der Waals surface area contributed by atoms with Gasteiger partial charge in [-0.1, -0.05) is 34.1 Å². The van der Waals surface area contributed by atoms with Crippen molar-refractivity contribution in [2.75, 3.05) is 18.5 Å². The molecule has 7 nitrogen and oxygen atoms in total. The van der Waals surface area contributed by atoms with Crippen LogP contribution in [0.3, 0.4) is 0 Å². The fourth-order valence-corrected chi connectivity index (χ4v) is 4.67. The van der Waals surface area contributed by atoms with Gasteiger partial charge in [0.15, 0.2) is 0 Å². The third kappa shape index (κ3) is 6.78.